The summed E-state index contributed by atoms with van der Waals surface area (Å²) in [6.45, 7) is 11.3. The molecule has 3 fully saturated rings. The van der Waals surface area contributed by atoms with E-state index < -0.39 is 17.9 Å². The van der Waals surface area contributed by atoms with Gasteiger partial charge in [-0.1, -0.05) is 19.1 Å². The maximum atomic E-state index is 6.30. The first-order valence-corrected chi connectivity index (χ1v) is 10.4. The predicted molar refractivity (Wildman–Crippen MR) is 104 cm³/mol. The van der Waals surface area contributed by atoms with E-state index in [1.807, 2.05) is 52.0 Å². The van der Waals surface area contributed by atoms with Crippen molar-refractivity contribution in [1.82, 2.24) is 0 Å². The van der Waals surface area contributed by atoms with Gasteiger partial charge in [-0.05, 0) is 51.8 Å². The topological polar surface area (TPSA) is 64.6 Å². The van der Waals surface area contributed by atoms with Crippen LogP contribution >= 0.6 is 0 Å². The highest BCUT2D eigenvalue weighted by molar-refractivity contribution is 5.26. The van der Waals surface area contributed by atoms with Crippen LogP contribution < -0.4 is 4.74 Å². The molecule has 3 saturated heterocycles. The maximum absolute atomic E-state index is 6.30. The molecule has 7 nitrogen and oxygen atoms in total. The van der Waals surface area contributed by atoms with Crippen molar-refractivity contribution in [3.63, 3.8) is 0 Å². The minimum Gasteiger partial charge on any atom is -0.494 e. The van der Waals surface area contributed by atoms with Crippen molar-refractivity contribution in [2.24, 2.45) is 0 Å². The fraction of sp³-hybridized carbons (Fsp3) is 0.727. The molecule has 3 aliphatic rings. The summed E-state index contributed by atoms with van der Waals surface area (Å²) in [7, 11) is 0. The van der Waals surface area contributed by atoms with Crippen molar-refractivity contribution < 1.29 is 33.2 Å². The van der Waals surface area contributed by atoms with Crippen molar-refractivity contribution in [3.8, 4) is 5.75 Å². The third-order valence-electron chi connectivity index (χ3n) is 5.26. The molecule has 0 saturated carbocycles. The van der Waals surface area contributed by atoms with Crippen LogP contribution in [0.5, 0.6) is 5.75 Å². The molecule has 1 aromatic carbocycles. The third-order valence-corrected chi connectivity index (χ3v) is 5.26. The van der Waals surface area contributed by atoms with Crippen LogP contribution in [0.4, 0.5) is 0 Å². The smallest absolute Gasteiger partial charge is 0.190 e. The first-order valence-electron chi connectivity index (χ1n) is 10.4. The normalized spacial score (nSPS) is 35.0. The summed E-state index contributed by atoms with van der Waals surface area (Å²) in [5.74, 6) is -0.469. The third kappa shape index (κ3) is 4.76. The maximum Gasteiger partial charge on any atom is 0.190 e. The second kappa shape index (κ2) is 8.13. The Kier molecular flexibility index (Phi) is 5.90. The summed E-state index contributed by atoms with van der Waals surface area (Å²) < 4.78 is 41.9. The van der Waals surface area contributed by atoms with Gasteiger partial charge in [0.2, 0.25) is 0 Å². The van der Waals surface area contributed by atoms with E-state index in [-0.39, 0.29) is 24.4 Å². The summed E-state index contributed by atoms with van der Waals surface area (Å²) >= 11 is 0. The first kappa shape index (κ1) is 21.0. The quantitative estimate of drug-likeness (QED) is 0.685. The lowest BCUT2D eigenvalue weighted by atomic mass is 10.1. The Hall–Kier alpha value is -1.22. The number of hydrogen-bond acceptors (Lipinski definition) is 7. The van der Waals surface area contributed by atoms with E-state index in [1.165, 1.54) is 0 Å². The van der Waals surface area contributed by atoms with Gasteiger partial charge in [-0.15, -0.1) is 0 Å². The molecule has 0 N–H and O–H groups in total. The molecule has 3 heterocycles. The summed E-state index contributed by atoms with van der Waals surface area (Å²) in [4.78, 5) is 0. The average molecular weight is 408 g/mol. The summed E-state index contributed by atoms with van der Waals surface area (Å²) in [5, 5.41) is 0. The van der Waals surface area contributed by atoms with Crippen LogP contribution in [0, 0.1) is 0 Å². The zero-order valence-corrected chi connectivity index (χ0v) is 17.9. The van der Waals surface area contributed by atoms with Gasteiger partial charge in [0, 0.05) is 0 Å². The van der Waals surface area contributed by atoms with Crippen LogP contribution in [0.1, 0.15) is 46.6 Å². The van der Waals surface area contributed by atoms with Crippen molar-refractivity contribution in [1.29, 1.82) is 0 Å². The highest BCUT2D eigenvalue weighted by Crippen LogP contribution is 2.42. The predicted octanol–water partition coefficient (Wildman–Crippen LogP) is 3.39. The van der Waals surface area contributed by atoms with Crippen LogP contribution in [-0.2, 0) is 35.0 Å². The number of fused-ring (bicyclic) bond motifs is 1. The molecule has 7 heteroatoms. The highest BCUT2D eigenvalue weighted by Gasteiger charge is 2.58. The Morgan fingerprint density at radius 2 is 1.72 bits per heavy atom. The Labute approximate surface area is 172 Å². The van der Waals surface area contributed by atoms with Gasteiger partial charge in [-0.25, -0.2) is 0 Å². The second-order valence-electron chi connectivity index (χ2n) is 8.70. The molecule has 0 unspecified atom stereocenters. The SMILES string of the molecule is CCCOc1ccc(CO[C@H]2[C@@H]3OC(C)(C)O[C@@H]3O[C@H]2[C@@H]2COC(C)(C)O2)cc1. The number of hydrogen-bond donors (Lipinski definition) is 0. The van der Waals surface area contributed by atoms with E-state index in [0.29, 0.717) is 19.8 Å². The summed E-state index contributed by atoms with van der Waals surface area (Å²) in [5.41, 5.74) is 1.05. The summed E-state index contributed by atoms with van der Waals surface area (Å²) in [6.07, 6.45) is -0.679. The van der Waals surface area contributed by atoms with E-state index in [2.05, 4.69) is 6.92 Å². The molecule has 4 rings (SSSR count). The highest BCUT2D eigenvalue weighted by atomic mass is 16.8. The van der Waals surface area contributed by atoms with Crippen LogP contribution in [-0.4, -0.2) is 55.5 Å². The molecule has 5 atom stereocenters. The molecule has 0 bridgehead atoms. The Bertz CT molecular complexity index is 687. The molecule has 0 amide bonds. The molecule has 3 aliphatic heterocycles. The molecule has 0 aromatic heterocycles. The summed E-state index contributed by atoms with van der Waals surface area (Å²) in [6, 6.07) is 7.96. The Morgan fingerprint density at radius 3 is 2.38 bits per heavy atom. The van der Waals surface area contributed by atoms with Gasteiger partial charge in [0.1, 0.15) is 30.2 Å². The largest absolute Gasteiger partial charge is 0.494 e. The molecule has 0 radical (unpaired) electrons. The van der Waals surface area contributed by atoms with Gasteiger partial charge >= 0.3 is 0 Å². The van der Waals surface area contributed by atoms with Gasteiger partial charge in [-0.2, -0.15) is 0 Å². The zero-order chi connectivity index (χ0) is 20.6. The molecule has 1 aromatic rings. The zero-order valence-electron chi connectivity index (χ0n) is 17.9. The monoisotopic (exact) mass is 408 g/mol. The first-order chi connectivity index (χ1) is 13.8. The lowest BCUT2D eigenvalue weighted by Gasteiger charge is -2.29. The van der Waals surface area contributed by atoms with E-state index in [9.17, 15) is 0 Å². The lowest BCUT2D eigenvalue weighted by Crippen LogP contribution is -2.44. The molecule has 0 aliphatic carbocycles. The van der Waals surface area contributed by atoms with E-state index >= 15 is 0 Å². The number of ether oxygens (including phenoxy) is 7. The number of benzene rings is 1. The van der Waals surface area contributed by atoms with E-state index in [1.54, 1.807) is 0 Å². The van der Waals surface area contributed by atoms with Gasteiger partial charge < -0.3 is 33.2 Å². The van der Waals surface area contributed by atoms with Crippen LogP contribution in [0.2, 0.25) is 0 Å². The van der Waals surface area contributed by atoms with Crippen molar-refractivity contribution in [3.05, 3.63) is 29.8 Å². The van der Waals surface area contributed by atoms with Gasteiger partial charge in [0.15, 0.2) is 17.9 Å². The lowest BCUT2D eigenvalue weighted by molar-refractivity contribution is -0.236. The standard InChI is InChI=1S/C22H32O7/c1-6-11-23-15-9-7-14(8-10-15)12-24-18-17(16-13-25-21(2,3)27-16)26-20-19(18)28-22(4,5)29-20/h7-10,16-20H,6,11-13H2,1-5H3/t16-,17-,18+,19-,20-/m0/s1. The molecular weight excluding hydrogens is 376 g/mol. The van der Waals surface area contributed by atoms with E-state index in [4.69, 9.17) is 33.2 Å². The molecular formula is C22H32O7. The van der Waals surface area contributed by atoms with Gasteiger partial charge in [0.25, 0.3) is 0 Å². The van der Waals surface area contributed by atoms with Crippen LogP contribution in [0.3, 0.4) is 0 Å². The van der Waals surface area contributed by atoms with Crippen molar-refractivity contribution >= 4 is 0 Å². The second-order valence-corrected chi connectivity index (χ2v) is 8.70. The molecule has 29 heavy (non-hydrogen) atoms. The molecule has 0 spiro atoms. The fourth-order valence-corrected chi connectivity index (χ4v) is 3.96. The minimum atomic E-state index is -0.702. The Balaban J connectivity index is 1.43. The Morgan fingerprint density at radius 1 is 0.966 bits per heavy atom. The average Bonchev–Trinajstić information content (AvgIpc) is 3.28. The molecule has 162 valence electrons. The van der Waals surface area contributed by atoms with Gasteiger partial charge in [0.05, 0.1) is 19.8 Å². The van der Waals surface area contributed by atoms with Crippen molar-refractivity contribution in [2.45, 2.75) is 89.9 Å². The fourth-order valence-electron chi connectivity index (χ4n) is 3.96. The van der Waals surface area contributed by atoms with Crippen LogP contribution in [0.25, 0.3) is 0 Å². The number of rotatable bonds is 7. The van der Waals surface area contributed by atoms with E-state index in [0.717, 1.165) is 17.7 Å². The van der Waals surface area contributed by atoms with Crippen molar-refractivity contribution in [2.75, 3.05) is 13.2 Å². The minimum absolute atomic E-state index is 0.235. The van der Waals surface area contributed by atoms with Gasteiger partial charge in [-0.3, -0.25) is 0 Å². The van der Waals surface area contributed by atoms with Crippen LogP contribution in [0.15, 0.2) is 24.3 Å².